The molecule has 0 radical (unpaired) electrons. The molecule has 3 rings (SSSR count). The molecule has 29 heavy (non-hydrogen) atoms. The van der Waals surface area contributed by atoms with E-state index in [0.717, 1.165) is 11.1 Å². The van der Waals surface area contributed by atoms with E-state index in [1.807, 2.05) is 37.7 Å². The van der Waals surface area contributed by atoms with Crippen molar-refractivity contribution in [1.29, 1.82) is 0 Å². The van der Waals surface area contributed by atoms with Crippen LogP contribution in [0.15, 0.2) is 41.3 Å². The Hall–Kier alpha value is -2.00. The quantitative estimate of drug-likeness (QED) is 0.392. The molecule has 1 aliphatic heterocycles. The van der Waals surface area contributed by atoms with E-state index in [9.17, 15) is 4.79 Å². The molecule has 0 saturated heterocycles. The maximum Gasteiger partial charge on any atom is 0.338 e. The molecule has 0 fully saturated rings. The lowest BCUT2D eigenvalue weighted by Crippen LogP contribution is -2.33. The second-order valence-corrected chi connectivity index (χ2v) is 11.0. The third kappa shape index (κ3) is 4.78. The van der Waals surface area contributed by atoms with Crippen molar-refractivity contribution in [2.24, 2.45) is 0 Å². The number of carbonyl (C=O) groups is 1. The molecule has 2 aromatic rings. The van der Waals surface area contributed by atoms with Crippen LogP contribution >= 0.6 is 11.8 Å². The minimum absolute atomic E-state index is 0.165. The van der Waals surface area contributed by atoms with Gasteiger partial charge in [-0.3, -0.25) is 0 Å². The summed E-state index contributed by atoms with van der Waals surface area (Å²) < 4.78 is 5.39. The number of hydrogen-bond donors (Lipinski definition) is 0. The van der Waals surface area contributed by atoms with Crippen LogP contribution in [-0.2, 0) is 10.2 Å². The van der Waals surface area contributed by atoms with Gasteiger partial charge in [-0.25, -0.2) is 4.79 Å². The Bertz CT molecular complexity index is 967. The van der Waals surface area contributed by atoms with Gasteiger partial charge in [0.2, 0.25) is 0 Å². The lowest BCUT2D eigenvalue weighted by molar-refractivity contribution is 0.0525. The van der Waals surface area contributed by atoms with Crippen molar-refractivity contribution >= 4 is 29.4 Å². The molecule has 1 aliphatic rings. The molecule has 0 amide bonds. The summed E-state index contributed by atoms with van der Waals surface area (Å²) in [7, 11) is 0. The molecule has 0 spiro atoms. The van der Waals surface area contributed by atoms with Crippen LogP contribution in [0.1, 0.15) is 80.6 Å². The lowest BCUT2D eigenvalue weighted by atomic mass is 9.76. The number of hydrogen-bond acceptors (Lipinski definition) is 3. The average molecular weight is 409 g/mol. The Balaban J connectivity index is 1.92. The molecule has 0 aromatic heterocycles. The normalized spacial score (nSPS) is 17.6. The minimum Gasteiger partial charge on any atom is -0.462 e. The van der Waals surface area contributed by atoms with Gasteiger partial charge in [-0.1, -0.05) is 52.0 Å². The van der Waals surface area contributed by atoms with Crippen LogP contribution in [0, 0.1) is 6.92 Å². The van der Waals surface area contributed by atoms with Gasteiger partial charge in [-0.05, 0) is 78.6 Å². The fraction of sp³-hybridized carbons (Fsp3) is 0.423. The Morgan fingerprint density at radius 3 is 2.52 bits per heavy atom. The van der Waals surface area contributed by atoms with E-state index in [4.69, 9.17) is 4.74 Å². The summed E-state index contributed by atoms with van der Waals surface area (Å²) in [5.41, 5.74) is 6.76. The molecule has 3 heteroatoms. The highest BCUT2D eigenvalue weighted by molar-refractivity contribution is 8.00. The maximum atomic E-state index is 12.0. The first kappa shape index (κ1) is 21.7. The van der Waals surface area contributed by atoms with E-state index in [0.29, 0.717) is 12.2 Å². The number of ether oxygens (including phenoxy) is 1. The van der Waals surface area contributed by atoms with Crippen molar-refractivity contribution in [3.8, 4) is 0 Å². The van der Waals surface area contributed by atoms with E-state index in [-0.39, 0.29) is 16.1 Å². The van der Waals surface area contributed by atoms with Crippen molar-refractivity contribution in [3.05, 3.63) is 64.2 Å². The molecule has 0 bridgehead atoms. The van der Waals surface area contributed by atoms with Gasteiger partial charge >= 0.3 is 5.97 Å². The summed E-state index contributed by atoms with van der Waals surface area (Å²) in [5.74, 6) is -0.255. The monoisotopic (exact) mass is 408 g/mol. The number of esters is 1. The third-order valence-electron chi connectivity index (χ3n) is 5.55. The minimum atomic E-state index is -0.255. The molecular weight excluding hydrogens is 376 g/mol. The summed E-state index contributed by atoms with van der Waals surface area (Å²) in [6.07, 6.45) is 3.36. The van der Waals surface area contributed by atoms with Crippen molar-refractivity contribution in [2.45, 2.75) is 69.9 Å². The number of benzene rings is 2. The third-order valence-corrected chi connectivity index (χ3v) is 6.82. The van der Waals surface area contributed by atoms with Crippen molar-refractivity contribution in [2.75, 3.05) is 6.61 Å². The van der Waals surface area contributed by atoms with Crippen LogP contribution in [0.2, 0.25) is 0 Å². The van der Waals surface area contributed by atoms with E-state index >= 15 is 0 Å². The first-order chi connectivity index (χ1) is 13.5. The fourth-order valence-corrected chi connectivity index (χ4v) is 6.04. The zero-order valence-electron chi connectivity index (χ0n) is 18.7. The lowest BCUT2D eigenvalue weighted by Gasteiger charge is -2.42. The average Bonchev–Trinajstić information content (AvgIpc) is 2.60. The van der Waals surface area contributed by atoms with Gasteiger partial charge < -0.3 is 4.74 Å². The van der Waals surface area contributed by atoms with Crippen LogP contribution in [0.5, 0.6) is 0 Å². The van der Waals surface area contributed by atoms with E-state index in [1.165, 1.54) is 28.0 Å². The van der Waals surface area contributed by atoms with Gasteiger partial charge in [0, 0.05) is 9.64 Å². The number of allylic oxidation sites excluding steroid dienone is 1. The van der Waals surface area contributed by atoms with Crippen molar-refractivity contribution in [1.82, 2.24) is 0 Å². The highest BCUT2D eigenvalue weighted by atomic mass is 32.2. The van der Waals surface area contributed by atoms with Gasteiger partial charge in [-0.2, -0.15) is 0 Å². The molecule has 2 nitrogen and oxygen atoms in total. The van der Waals surface area contributed by atoms with Crippen LogP contribution in [0.25, 0.3) is 11.6 Å². The summed E-state index contributed by atoms with van der Waals surface area (Å²) in [6, 6.07) is 12.8. The standard InChI is InChI=1S/C26H32O2S/c1-8-28-24(27)21-11-9-19(14-18(21)3)13-17(2)20-10-12-23-22(15-20)25(4,5)16-26(6,7)29-23/h9-15H,8,16H2,1-7H3/b17-13+. The summed E-state index contributed by atoms with van der Waals surface area (Å²) in [5, 5.41) is 0. The fourth-order valence-electron chi connectivity index (χ4n) is 4.43. The Morgan fingerprint density at radius 2 is 1.86 bits per heavy atom. The van der Waals surface area contributed by atoms with Crippen LogP contribution < -0.4 is 0 Å². The van der Waals surface area contributed by atoms with Crippen LogP contribution in [0.3, 0.4) is 0 Å². The van der Waals surface area contributed by atoms with E-state index in [1.54, 1.807) is 0 Å². The number of aryl methyl sites for hydroxylation is 1. The van der Waals surface area contributed by atoms with Gasteiger partial charge in [0.25, 0.3) is 0 Å². The van der Waals surface area contributed by atoms with Gasteiger partial charge in [0.15, 0.2) is 0 Å². The molecule has 0 atom stereocenters. The Labute approximate surface area is 179 Å². The Morgan fingerprint density at radius 1 is 1.14 bits per heavy atom. The van der Waals surface area contributed by atoms with Crippen LogP contribution in [-0.4, -0.2) is 17.3 Å². The van der Waals surface area contributed by atoms with Gasteiger partial charge in [0.05, 0.1) is 12.2 Å². The summed E-state index contributed by atoms with van der Waals surface area (Å²) in [4.78, 5) is 13.4. The molecule has 0 aliphatic carbocycles. The zero-order valence-corrected chi connectivity index (χ0v) is 19.5. The van der Waals surface area contributed by atoms with E-state index < -0.39 is 0 Å². The van der Waals surface area contributed by atoms with Crippen LogP contribution in [0.4, 0.5) is 0 Å². The molecule has 0 N–H and O–H groups in total. The number of carbonyl (C=O) groups excluding carboxylic acids is 1. The molecule has 154 valence electrons. The second-order valence-electron chi connectivity index (χ2n) is 9.26. The molecular formula is C26H32O2S. The van der Waals surface area contributed by atoms with Gasteiger partial charge in [0.1, 0.15) is 0 Å². The number of rotatable bonds is 4. The van der Waals surface area contributed by atoms with Crippen molar-refractivity contribution in [3.63, 3.8) is 0 Å². The molecule has 1 heterocycles. The summed E-state index contributed by atoms with van der Waals surface area (Å²) in [6.45, 7) is 15.7. The largest absolute Gasteiger partial charge is 0.462 e. The number of thioether (sulfide) groups is 1. The maximum absolute atomic E-state index is 12.0. The highest BCUT2D eigenvalue weighted by Crippen LogP contribution is 2.51. The van der Waals surface area contributed by atoms with Gasteiger partial charge in [-0.15, -0.1) is 11.8 Å². The second kappa shape index (κ2) is 8.02. The molecule has 2 aromatic carbocycles. The Kier molecular flexibility index (Phi) is 6.01. The predicted octanol–water partition coefficient (Wildman–Crippen LogP) is 7.28. The number of fused-ring (bicyclic) bond motifs is 1. The molecule has 0 saturated carbocycles. The molecule has 0 unspecified atom stereocenters. The zero-order chi connectivity index (χ0) is 21.4. The van der Waals surface area contributed by atoms with Crippen molar-refractivity contribution < 1.29 is 9.53 Å². The summed E-state index contributed by atoms with van der Waals surface area (Å²) >= 11 is 1.99. The SMILES string of the molecule is CCOC(=O)c1ccc(/C=C(\C)c2ccc3c(c2)C(C)(C)CC(C)(C)S3)cc1C. The first-order valence-corrected chi connectivity index (χ1v) is 11.1. The first-order valence-electron chi connectivity index (χ1n) is 10.3. The topological polar surface area (TPSA) is 26.3 Å². The predicted molar refractivity (Wildman–Crippen MR) is 125 cm³/mol. The smallest absolute Gasteiger partial charge is 0.338 e. The highest BCUT2D eigenvalue weighted by Gasteiger charge is 2.38. The van der Waals surface area contributed by atoms with E-state index in [2.05, 4.69) is 65.0 Å².